The van der Waals surface area contributed by atoms with E-state index in [4.69, 9.17) is 4.74 Å². The molecule has 2 aromatic carbocycles. The molecule has 0 saturated carbocycles. The lowest BCUT2D eigenvalue weighted by atomic mass is 9.99. The van der Waals surface area contributed by atoms with Crippen LogP contribution in [0.15, 0.2) is 47.4 Å². The maximum absolute atomic E-state index is 13.6. The van der Waals surface area contributed by atoms with E-state index in [1.54, 1.807) is 12.1 Å². The lowest BCUT2D eigenvalue weighted by molar-refractivity contribution is -0.126. The molecule has 0 aliphatic carbocycles. The third kappa shape index (κ3) is 4.91. The number of benzene rings is 2. The number of methoxy groups -OCH3 is 1. The van der Waals surface area contributed by atoms with Crippen molar-refractivity contribution in [3.63, 3.8) is 0 Å². The largest absolute Gasteiger partial charge is 0.495 e. The Labute approximate surface area is 168 Å². The van der Waals surface area contributed by atoms with E-state index in [0.717, 1.165) is 17.7 Å². The Kier molecular flexibility index (Phi) is 6.49. The fraction of sp³-hybridized carbons (Fsp3) is 0.350. The van der Waals surface area contributed by atoms with E-state index < -0.39 is 21.8 Å². The van der Waals surface area contributed by atoms with Crippen LogP contribution in [0, 0.1) is 17.6 Å². The Bertz CT molecular complexity index is 980. The number of carbonyl (C=O) groups is 1. The number of amides is 1. The molecule has 0 spiro atoms. The van der Waals surface area contributed by atoms with E-state index in [1.165, 1.54) is 29.6 Å². The highest BCUT2D eigenvalue weighted by atomic mass is 32.2. The average Bonchev–Trinajstić information content (AvgIpc) is 2.73. The van der Waals surface area contributed by atoms with Crippen molar-refractivity contribution in [1.82, 2.24) is 9.62 Å². The zero-order chi connectivity index (χ0) is 21.0. The number of carbonyl (C=O) groups excluding carboxylic acids is 1. The van der Waals surface area contributed by atoms with Gasteiger partial charge in [0.25, 0.3) is 0 Å². The molecule has 0 radical (unpaired) electrons. The number of hydrogen-bond acceptors (Lipinski definition) is 4. The summed E-state index contributed by atoms with van der Waals surface area (Å²) in [5, 5.41) is 2.76. The van der Waals surface area contributed by atoms with Gasteiger partial charge < -0.3 is 10.1 Å². The minimum Gasteiger partial charge on any atom is -0.495 e. The monoisotopic (exact) mass is 424 g/mol. The van der Waals surface area contributed by atoms with Gasteiger partial charge in [0.1, 0.15) is 22.3 Å². The molecule has 9 heteroatoms. The first-order valence-corrected chi connectivity index (χ1v) is 10.6. The van der Waals surface area contributed by atoms with Crippen LogP contribution in [0.1, 0.15) is 18.4 Å². The quantitative estimate of drug-likeness (QED) is 0.774. The molecule has 29 heavy (non-hydrogen) atoms. The molecule has 156 valence electrons. The molecule has 1 heterocycles. The van der Waals surface area contributed by atoms with Crippen LogP contribution in [0.3, 0.4) is 0 Å². The third-order valence-electron chi connectivity index (χ3n) is 4.88. The molecule has 1 saturated heterocycles. The van der Waals surface area contributed by atoms with Gasteiger partial charge in [-0.2, -0.15) is 4.31 Å². The van der Waals surface area contributed by atoms with Gasteiger partial charge in [-0.25, -0.2) is 17.2 Å². The molecular formula is C20H22F2N2O4S. The molecular weight excluding hydrogens is 402 g/mol. The number of hydrogen-bond donors (Lipinski definition) is 1. The van der Waals surface area contributed by atoms with Crippen molar-refractivity contribution in [3.8, 4) is 5.75 Å². The summed E-state index contributed by atoms with van der Waals surface area (Å²) in [6.45, 7) is 0.459. The van der Waals surface area contributed by atoms with Gasteiger partial charge >= 0.3 is 0 Å². The van der Waals surface area contributed by atoms with Crippen molar-refractivity contribution in [2.75, 3.05) is 20.2 Å². The number of rotatable bonds is 6. The van der Waals surface area contributed by atoms with Crippen LogP contribution in [0.4, 0.5) is 8.78 Å². The van der Waals surface area contributed by atoms with Crippen molar-refractivity contribution in [3.05, 3.63) is 59.7 Å². The summed E-state index contributed by atoms with van der Waals surface area (Å²) in [6.07, 6.45) is 1.05. The van der Waals surface area contributed by atoms with Gasteiger partial charge in [0, 0.05) is 19.6 Å². The summed E-state index contributed by atoms with van der Waals surface area (Å²) in [5.74, 6) is -1.80. The van der Waals surface area contributed by atoms with E-state index in [1.807, 2.05) is 0 Å². The molecule has 0 bridgehead atoms. The number of nitrogens with one attached hydrogen (secondary N) is 1. The number of halogens is 2. The summed E-state index contributed by atoms with van der Waals surface area (Å²) in [4.78, 5) is 12.3. The maximum atomic E-state index is 13.6. The lowest BCUT2D eigenvalue weighted by Gasteiger charge is -2.31. The minimum absolute atomic E-state index is 0.00273. The molecule has 1 amide bonds. The van der Waals surface area contributed by atoms with E-state index in [2.05, 4.69) is 5.32 Å². The van der Waals surface area contributed by atoms with E-state index in [-0.39, 0.29) is 42.0 Å². The van der Waals surface area contributed by atoms with Gasteiger partial charge in [0.05, 0.1) is 13.0 Å². The Morgan fingerprint density at radius 3 is 2.55 bits per heavy atom. The fourth-order valence-corrected chi connectivity index (χ4v) is 4.99. The maximum Gasteiger partial charge on any atom is 0.246 e. The van der Waals surface area contributed by atoms with Gasteiger partial charge in [-0.3, -0.25) is 4.79 Å². The summed E-state index contributed by atoms with van der Waals surface area (Å²) < 4.78 is 58.9. The van der Waals surface area contributed by atoms with Crippen LogP contribution in [0.5, 0.6) is 5.75 Å². The molecule has 1 aliphatic heterocycles. The van der Waals surface area contributed by atoms with Crippen LogP contribution in [0.25, 0.3) is 0 Å². The predicted molar refractivity (Wildman–Crippen MR) is 103 cm³/mol. The van der Waals surface area contributed by atoms with Gasteiger partial charge in [0.2, 0.25) is 15.9 Å². The van der Waals surface area contributed by atoms with E-state index in [0.29, 0.717) is 12.8 Å². The van der Waals surface area contributed by atoms with Crippen molar-refractivity contribution in [2.24, 2.45) is 5.92 Å². The number of nitrogens with zero attached hydrogens (tertiary/aromatic N) is 1. The molecule has 1 N–H and O–H groups in total. The first kappa shape index (κ1) is 21.2. The Hall–Kier alpha value is -2.52. The van der Waals surface area contributed by atoms with Crippen molar-refractivity contribution >= 4 is 15.9 Å². The summed E-state index contributed by atoms with van der Waals surface area (Å²) in [5.41, 5.74) is 0.740. The van der Waals surface area contributed by atoms with Crippen molar-refractivity contribution in [2.45, 2.75) is 24.3 Å². The second kappa shape index (κ2) is 8.87. The first-order valence-electron chi connectivity index (χ1n) is 9.17. The summed E-state index contributed by atoms with van der Waals surface area (Å²) in [6, 6.07) is 9.07. The standard InChI is InChI=1S/C20H22F2N2O4S/c1-28-18-9-8-17(22)11-19(18)29(26,27)24-10-2-3-15(13-24)20(25)23-12-14-4-6-16(21)7-5-14/h4-9,11,15H,2-3,10,12-13H2,1H3,(H,23,25)/t15-/m0/s1. The van der Waals surface area contributed by atoms with Crippen LogP contribution in [-0.4, -0.2) is 38.8 Å². The molecule has 6 nitrogen and oxygen atoms in total. The third-order valence-corrected chi connectivity index (χ3v) is 6.76. The summed E-state index contributed by atoms with van der Waals surface area (Å²) in [7, 11) is -2.71. The molecule has 1 aliphatic rings. The average molecular weight is 424 g/mol. The van der Waals surface area contributed by atoms with Crippen LogP contribution >= 0.6 is 0 Å². The molecule has 3 rings (SSSR count). The minimum atomic E-state index is -4.02. The molecule has 0 unspecified atom stereocenters. The zero-order valence-electron chi connectivity index (χ0n) is 15.9. The molecule has 0 aromatic heterocycles. The van der Waals surface area contributed by atoms with Crippen LogP contribution in [0.2, 0.25) is 0 Å². The fourth-order valence-electron chi connectivity index (χ4n) is 3.30. The molecule has 1 fully saturated rings. The second-order valence-electron chi connectivity index (χ2n) is 6.84. The lowest BCUT2D eigenvalue weighted by Crippen LogP contribution is -2.45. The van der Waals surface area contributed by atoms with Gasteiger partial charge in [-0.05, 0) is 48.7 Å². The van der Waals surface area contributed by atoms with Crippen molar-refractivity contribution < 1.29 is 26.7 Å². The zero-order valence-corrected chi connectivity index (χ0v) is 16.7. The summed E-state index contributed by atoms with van der Waals surface area (Å²) >= 11 is 0. The SMILES string of the molecule is COc1ccc(F)cc1S(=O)(=O)N1CCC[C@H](C(=O)NCc2ccc(F)cc2)C1. The normalized spacial score (nSPS) is 17.7. The first-order chi connectivity index (χ1) is 13.8. The Morgan fingerprint density at radius 1 is 1.17 bits per heavy atom. The van der Waals surface area contributed by atoms with Gasteiger partial charge in [-0.1, -0.05) is 12.1 Å². The molecule has 1 atom stereocenters. The second-order valence-corrected chi connectivity index (χ2v) is 8.75. The number of sulfonamides is 1. The number of ether oxygens (including phenoxy) is 1. The Morgan fingerprint density at radius 2 is 1.86 bits per heavy atom. The molecule has 2 aromatic rings. The van der Waals surface area contributed by atoms with Gasteiger partial charge in [-0.15, -0.1) is 0 Å². The highest BCUT2D eigenvalue weighted by Gasteiger charge is 2.35. The highest BCUT2D eigenvalue weighted by molar-refractivity contribution is 7.89. The Balaban J connectivity index is 1.70. The predicted octanol–water partition coefficient (Wildman–Crippen LogP) is 2.69. The van der Waals surface area contributed by atoms with Crippen LogP contribution in [-0.2, 0) is 21.4 Å². The van der Waals surface area contributed by atoms with E-state index in [9.17, 15) is 22.0 Å². The number of piperidine rings is 1. The van der Waals surface area contributed by atoms with Crippen LogP contribution < -0.4 is 10.1 Å². The van der Waals surface area contributed by atoms with E-state index >= 15 is 0 Å². The highest BCUT2D eigenvalue weighted by Crippen LogP contribution is 2.30. The smallest absolute Gasteiger partial charge is 0.246 e. The van der Waals surface area contributed by atoms with Crippen molar-refractivity contribution in [1.29, 1.82) is 0 Å². The van der Waals surface area contributed by atoms with Gasteiger partial charge in [0.15, 0.2) is 0 Å². The topological polar surface area (TPSA) is 75.7 Å².